The first-order valence-corrected chi connectivity index (χ1v) is 7.67. The minimum atomic E-state index is -0.925. The van der Waals surface area contributed by atoms with Crippen LogP contribution in [-0.4, -0.2) is 29.5 Å². The fourth-order valence-corrected chi connectivity index (χ4v) is 2.34. The Morgan fingerprint density at radius 1 is 1.00 bits per heavy atom. The molecule has 0 radical (unpaired) electrons. The fraction of sp³-hybridized carbons (Fsp3) is 0.167. The van der Waals surface area contributed by atoms with Gasteiger partial charge in [0.25, 0.3) is 5.91 Å². The van der Waals surface area contributed by atoms with Crippen LogP contribution >= 0.6 is 0 Å². The Bertz CT molecular complexity index is 817. The molecule has 2 aromatic rings. The summed E-state index contributed by atoms with van der Waals surface area (Å²) in [4.78, 5) is 23.1. The molecule has 1 aliphatic heterocycles. The molecule has 0 aliphatic carbocycles. The number of rotatable bonds is 6. The van der Waals surface area contributed by atoms with Gasteiger partial charge < -0.3 is 14.6 Å². The van der Waals surface area contributed by atoms with E-state index in [1.165, 1.54) is 0 Å². The number of aliphatic carboxylic acids is 1. The van der Waals surface area contributed by atoms with E-state index in [0.717, 1.165) is 5.56 Å². The molecule has 0 atom stereocenters. The molecular formula is C18H16N2O5. The zero-order chi connectivity index (χ0) is 17.6. The second-order valence-electron chi connectivity index (χ2n) is 5.33. The van der Waals surface area contributed by atoms with Gasteiger partial charge >= 0.3 is 5.97 Å². The minimum Gasteiger partial charge on any atom is -0.481 e. The lowest BCUT2D eigenvalue weighted by Crippen LogP contribution is -2.20. The second-order valence-corrected chi connectivity index (χ2v) is 5.33. The molecule has 7 nitrogen and oxygen atoms in total. The molecular weight excluding hydrogens is 324 g/mol. The van der Waals surface area contributed by atoms with Crippen LogP contribution in [0.25, 0.3) is 0 Å². The van der Waals surface area contributed by atoms with Gasteiger partial charge in [0.2, 0.25) is 6.79 Å². The van der Waals surface area contributed by atoms with Gasteiger partial charge in [-0.1, -0.05) is 30.3 Å². The molecule has 0 bridgehead atoms. The van der Waals surface area contributed by atoms with Crippen molar-refractivity contribution >= 4 is 17.6 Å². The molecule has 25 heavy (non-hydrogen) atoms. The van der Waals surface area contributed by atoms with Gasteiger partial charge in [-0.15, -0.1) is 0 Å². The minimum absolute atomic E-state index is 0.0758. The van der Waals surface area contributed by atoms with E-state index >= 15 is 0 Å². The molecule has 1 amide bonds. The van der Waals surface area contributed by atoms with E-state index in [-0.39, 0.29) is 19.6 Å². The van der Waals surface area contributed by atoms with Crippen molar-refractivity contribution < 1.29 is 24.2 Å². The Morgan fingerprint density at radius 2 is 1.76 bits per heavy atom. The van der Waals surface area contributed by atoms with E-state index in [9.17, 15) is 9.59 Å². The van der Waals surface area contributed by atoms with E-state index in [2.05, 4.69) is 10.5 Å². The number of ether oxygens (including phenoxy) is 2. The highest BCUT2D eigenvalue weighted by atomic mass is 16.7. The van der Waals surface area contributed by atoms with E-state index in [4.69, 9.17) is 14.6 Å². The highest BCUT2D eigenvalue weighted by Gasteiger charge is 2.16. The molecule has 7 heteroatoms. The lowest BCUT2D eigenvalue weighted by molar-refractivity contribution is -0.136. The molecule has 0 saturated carbocycles. The maximum absolute atomic E-state index is 12.3. The van der Waals surface area contributed by atoms with E-state index in [1.807, 2.05) is 30.3 Å². The third-order valence-electron chi connectivity index (χ3n) is 3.61. The number of fused-ring (bicyclic) bond motifs is 1. The van der Waals surface area contributed by atoms with Crippen molar-refractivity contribution in [2.75, 3.05) is 6.79 Å². The number of nitrogens with one attached hydrogen (secondary N) is 1. The number of carboxylic acid groups (broad SMARTS) is 1. The van der Waals surface area contributed by atoms with Crippen LogP contribution in [0.3, 0.4) is 0 Å². The fourth-order valence-electron chi connectivity index (χ4n) is 2.34. The quantitative estimate of drug-likeness (QED) is 0.622. The van der Waals surface area contributed by atoms with Crippen LogP contribution in [0.1, 0.15) is 28.8 Å². The predicted molar refractivity (Wildman–Crippen MR) is 89.9 cm³/mol. The highest BCUT2D eigenvalue weighted by molar-refractivity contribution is 6.03. The third-order valence-corrected chi connectivity index (χ3v) is 3.61. The average molecular weight is 340 g/mol. The number of hydrogen-bond acceptors (Lipinski definition) is 5. The summed E-state index contributed by atoms with van der Waals surface area (Å²) in [6.07, 6.45) is 0.133. The Morgan fingerprint density at radius 3 is 2.52 bits per heavy atom. The lowest BCUT2D eigenvalue weighted by Gasteiger charge is -2.07. The molecule has 0 aromatic heterocycles. The Hall–Kier alpha value is -3.35. The van der Waals surface area contributed by atoms with E-state index in [0.29, 0.717) is 22.8 Å². The van der Waals surface area contributed by atoms with Crippen molar-refractivity contribution in [2.24, 2.45) is 5.10 Å². The lowest BCUT2D eigenvalue weighted by atomic mass is 10.1. The maximum Gasteiger partial charge on any atom is 0.303 e. The Labute approximate surface area is 143 Å². The summed E-state index contributed by atoms with van der Waals surface area (Å²) in [5, 5.41) is 13.0. The zero-order valence-electron chi connectivity index (χ0n) is 13.3. The standard InChI is InChI=1S/C18H16N2O5/c21-17(22)9-7-14(12-4-2-1-3-5-12)19-20-18(23)13-6-8-15-16(10-13)25-11-24-15/h1-6,8,10H,7,9,11H2,(H,20,23)(H,21,22)/b19-14-. The molecule has 0 saturated heterocycles. The number of benzene rings is 2. The first-order valence-electron chi connectivity index (χ1n) is 7.67. The van der Waals surface area contributed by atoms with Gasteiger partial charge in [0.15, 0.2) is 11.5 Å². The van der Waals surface area contributed by atoms with Gasteiger partial charge in [-0.3, -0.25) is 9.59 Å². The average Bonchev–Trinajstić information content (AvgIpc) is 3.09. The number of carbonyl (C=O) groups excluding carboxylic acids is 1. The number of nitrogens with zero attached hydrogens (tertiary/aromatic N) is 1. The van der Waals surface area contributed by atoms with Crippen LogP contribution in [0.2, 0.25) is 0 Å². The Balaban J connectivity index is 1.75. The molecule has 2 aromatic carbocycles. The molecule has 0 unspecified atom stereocenters. The van der Waals surface area contributed by atoms with Gasteiger partial charge in [0.05, 0.1) is 12.1 Å². The second kappa shape index (κ2) is 7.48. The van der Waals surface area contributed by atoms with Gasteiger partial charge in [-0.05, 0) is 23.8 Å². The third kappa shape index (κ3) is 4.14. The summed E-state index contributed by atoms with van der Waals surface area (Å²) < 4.78 is 10.5. The molecule has 3 rings (SSSR count). The van der Waals surface area contributed by atoms with Crippen LogP contribution in [0.15, 0.2) is 53.6 Å². The number of hydrogen-bond donors (Lipinski definition) is 2. The summed E-state index contributed by atoms with van der Waals surface area (Å²) in [7, 11) is 0. The molecule has 1 aliphatic rings. The maximum atomic E-state index is 12.3. The smallest absolute Gasteiger partial charge is 0.303 e. The van der Waals surface area contributed by atoms with Crippen molar-refractivity contribution in [1.29, 1.82) is 0 Å². The van der Waals surface area contributed by atoms with Crippen molar-refractivity contribution in [1.82, 2.24) is 5.43 Å². The molecule has 1 heterocycles. The molecule has 0 fully saturated rings. The number of carboxylic acids is 1. The van der Waals surface area contributed by atoms with Crippen molar-refractivity contribution in [3.63, 3.8) is 0 Å². The van der Waals surface area contributed by atoms with Crippen molar-refractivity contribution in [3.8, 4) is 11.5 Å². The summed E-state index contributed by atoms with van der Waals surface area (Å²) in [6, 6.07) is 14.0. The largest absolute Gasteiger partial charge is 0.481 e. The first-order chi connectivity index (χ1) is 12.1. The van der Waals surface area contributed by atoms with Crippen LogP contribution in [0.4, 0.5) is 0 Å². The molecule has 2 N–H and O–H groups in total. The van der Waals surface area contributed by atoms with Crippen molar-refractivity contribution in [2.45, 2.75) is 12.8 Å². The van der Waals surface area contributed by atoms with Crippen LogP contribution < -0.4 is 14.9 Å². The zero-order valence-corrected chi connectivity index (χ0v) is 13.3. The van der Waals surface area contributed by atoms with Crippen LogP contribution in [0.5, 0.6) is 11.5 Å². The Kier molecular flexibility index (Phi) is 4.94. The molecule has 0 spiro atoms. The number of amides is 1. The summed E-state index contributed by atoms with van der Waals surface area (Å²) in [5.41, 5.74) is 4.10. The van der Waals surface area contributed by atoms with Gasteiger partial charge in [0.1, 0.15) is 0 Å². The van der Waals surface area contributed by atoms with Crippen LogP contribution in [-0.2, 0) is 4.79 Å². The van der Waals surface area contributed by atoms with E-state index < -0.39 is 11.9 Å². The van der Waals surface area contributed by atoms with Crippen LogP contribution in [0, 0.1) is 0 Å². The summed E-state index contributed by atoms with van der Waals surface area (Å²) in [6.45, 7) is 0.131. The predicted octanol–water partition coefficient (Wildman–Crippen LogP) is 2.41. The number of hydrazone groups is 1. The van der Waals surface area contributed by atoms with E-state index in [1.54, 1.807) is 18.2 Å². The normalized spacial score (nSPS) is 12.7. The number of carbonyl (C=O) groups is 2. The summed E-state index contributed by atoms with van der Waals surface area (Å²) >= 11 is 0. The van der Waals surface area contributed by atoms with Crippen molar-refractivity contribution in [3.05, 3.63) is 59.7 Å². The van der Waals surface area contributed by atoms with Gasteiger partial charge in [-0.2, -0.15) is 5.10 Å². The summed E-state index contributed by atoms with van der Waals surface area (Å²) in [5.74, 6) is -0.245. The monoisotopic (exact) mass is 340 g/mol. The van der Waals surface area contributed by atoms with Gasteiger partial charge in [-0.25, -0.2) is 5.43 Å². The highest BCUT2D eigenvalue weighted by Crippen LogP contribution is 2.32. The first kappa shape index (κ1) is 16.5. The molecule has 128 valence electrons. The van der Waals surface area contributed by atoms with Gasteiger partial charge in [0, 0.05) is 12.0 Å². The topological polar surface area (TPSA) is 97.2 Å². The SMILES string of the molecule is O=C(O)CC/C(=N/NC(=O)c1ccc2c(c1)OCO2)c1ccccc1.